The molecule has 54 valence electrons. The number of hydrogen-bond donors (Lipinski definition) is 0. The normalized spacial score (nSPS) is 14.0. The van der Waals surface area contributed by atoms with Crippen LogP contribution in [0.5, 0.6) is 0 Å². The molecule has 0 saturated heterocycles. The predicted molar refractivity (Wildman–Crippen MR) is 42.3 cm³/mol. The van der Waals surface area contributed by atoms with E-state index in [4.69, 9.17) is 0 Å². The summed E-state index contributed by atoms with van der Waals surface area (Å²) < 4.78 is 2.26. The summed E-state index contributed by atoms with van der Waals surface area (Å²) in [6, 6.07) is 0. The molecule has 0 bridgehead atoms. The van der Waals surface area contributed by atoms with Gasteiger partial charge in [-0.1, -0.05) is 13.8 Å². The Morgan fingerprint density at radius 2 is 2.20 bits per heavy atom. The molecule has 1 aliphatic carbocycles. The van der Waals surface area contributed by atoms with Gasteiger partial charge in [0.1, 0.15) is 0 Å². The van der Waals surface area contributed by atoms with E-state index >= 15 is 0 Å². The van der Waals surface area contributed by atoms with Gasteiger partial charge in [0.2, 0.25) is 0 Å². The van der Waals surface area contributed by atoms with E-state index in [1.165, 1.54) is 12.1 Å². The number of aryl methyl sites for hydroxylation is 1. The van der Waals surface area contributed by atoms with Crippen LogP contribution in [0.2, 0.25) is 0 Å². The number of hydrogen-bond acceptors (Lipinski definition) is 0. The molecule has 0 unspecified atom stereocenters. The van der Waals surface area contributed by atoms with Crippen LogP contribution in [0.15, 0.2) is 6.20 Å². The molecule has 0 N–H and O–H groups in total. The summed E-state index contributed by atoms with van der Waals surface area (Å²) in [7, 11) is 2.14. The third kappa shape index (κ3) is 0.634. The maximum Gasteiger partial charge on any atom is 0.0235 e. The number of rotatable bonds is 1. The molecule has 2 rings (SSSR count). The van der Waals surface area contributed by atoms with Crippen LogP contribution in [-0.4, -0.2) is 4.57 Å². The second-order valence-electron chi connectivity index (χ2n) is 3.46. The van der Waals surface area contributed by atoms with Gasteiger partial charge >= 0.3 is 0 Å². The third-order valence-electron chi connectivity index (χ3n) is 2.22. The fraction of sp³-hybridized carbons (Fsp3) is 0.556. The molecule has 1 aromatic rings. The highest BCUT2D eigenvalue weighted by molar-refractivity contribution is 5.50. The number of aromatic nitrogens is 1. The maximum atomic E-state index is 2.26. The van der Waals surface area contributed by atoms with Crippen molar-refractivity contribution in [3.8, 4) is 0 Å². The van der Waals surface area contributed by atoms with Gasteiger partial charge in [-0.15, -0.1) is 0 Å². The smallest absolute Gasteiger partial charge is 0.0235 e. The van der Waals surface area contributed by atoms with Crippen molar-refractivity contribution >= 4 is 0 Å². The zero-order valence-corrected chi connectivity index (χ0v) is 6.81. The fourth-order valence-electron chi connectivity index (χ4n) is 1.80. The predicted octanol–water partition coefficient (Wildman–Crippen LogP) is 2.05. The first-order chi connectivity index (χ1) is 4.70. The van der Waals surface area contributed by atoms with Gasteiger partial charge in [0, 0.05) is 25.4 Å². The Labute approximate surface area is 61.7 Å². The minimum absolute atomic E-state index is 0.691. The lowest BCUT2D eigenvalue weighted by Crippen LogP contribution is -1.98. The lowest BCUT2D eigenvalue weighted by molar-refractivity contribution is 0.730. The van der Waals surface area contributed by atoms with E-state index in [1.54, 1.807) is 11.1 Å². The fourth-order valence-corrected chi connectivity index (χ4v) is 1.80. The van der Waals surface area contributed by atoms with Crippen molar-refractivity contribution in [1.82, 2.24) is 4.57 Å². The average molecular weight is 135 g/mol. The van der Waals surface area contributed by atoms with E-state index < -0.39 is 0 Å². The second kappa shape index (κ2) is 1.66. The zero-order chi connectivity index (χ0) is 7.30. The highest BCUT2D eigenvalue weighted by Gasteiger charge is 2.26. The largest absolute Gasteiger partial charge is 0.354 e. The van der Waals surface area contributed by atoms with E-state index in [0.29, 0.717) is 5.92 Å². The zero-order valence-electron chi connectivity index (χ0n) is 6.81. The van der Waals surface area contributed by atoms with Crippen LogP contribution in [-0.2, 0) is 13.5 Å². The first-order valence-corrected chi connectivity index (χ1v) is 3.87. The Morgan fingerprint density at radius 1 is 1.50 bits per heavy atom. The summed E-state index contributed by atoms with van der Waals surface area (Å²) in [5.41, 5.74) is 4.71. The first-order valence-electron chi connectivity index (χ1n) is 3.87. The lowest BCUT2D eigenvalue weighted by atomic mass is 10.1. The molecule has 1 heteroatoms. The molecular weight excluding hydrogens is 122 g/mol. The standard InChI is InChI=1S/C9H13N/c1-6(2)9-8-4-7(8)5-10(9)3/h5-6H,4H2,1-3H3. The van der Waals surface area contributed by atoms with Crippen LogP contribution in [0.25, 0.3) is 0 Å². The SMILES string of the molecule is CC(C)c1c2c(cn1C)C2. The molecule has 0 spiro atoms. The van der Waals surface area contributed by atoms with Crippen molar-refractivity contribution in [3.05, 3.63) is 23.0 Å². The molecule has 0 atom stereocenters. The second-order valence-corrected chi connectivity index (χ2v) is 3.46. The van der Waals surface area contributed by atoms with Crippen LogP contribution in [0.1, 0.15) is 36.6 Å². The molecule has 1 heterocycles. The topological polar surface area (TPSA) is 4.93 Å². The van der Waals surface area contributed by atoms with E-state index in [-0.39, 0.29) is 0 Å². The number of fused-ring (bicyclic) bond motifs is 1. The highest BCUT2D eigenvalue weighted by Crippen LogP contribution is 2.36. The monoisotopic (exact) mass is 135 g/mol. The summed E-state index contributed by atoms with van der Waals surface area (Å²) in [6.45, 7) is 4.52. The first kappa shape index (κ1) is 6.02. The van der Waals surface area contributed by atoms with Crippen molar-refractivity contribution in [1.29, 1.82) is 0 Å². The third-order valence-corrected chi connectivity index (χ3v) is 2.22. The molecule has 1 aliphatic rings. The van der Waals surface area contributed by atoms with Crippen molar-refractivity contribution in [2.24, 2.45) is 7.05 Å². The Balaban J connectivity index is 2.50. The van der Waals surface area contributed by atoms with Gasteiger partial charge in [0.15, 0.2) is 0 Å². The highest BCUT2D eigenvalue weighted by atomic mass is 14.9. The molecule has 0 radical (unpaired) electrons. The van der Waals surface area contributed by atoms with Gasteiger partial charge in [-0.25, -0.2) is 0 Å². The van der Waals surface area contributed by atoms with Crippen LogP contribution in [0.4, 0.5) is 0 Å². The molecule has 0 fully saturated rings. The van der Waals surface area contributed by atoms with Crippen LogP contribution >= 0.6 is 0 Å². The summed E-state index contributed by atoms with van der Waals surface area (Å²) in [5, 5.41) is 0. The maximum absolute atomic E-state index is 2.26. The molecule has 0 aromatic carbocycles. The van der Waals surface area contributed by atoms with Gasteiger partial charge in [0.25, 0.3) is 0 Å². The number of nitrogens with zero attached hydrogens (tertiary/aromatic N) is 1. The lowest BCUT2D eigenvalue weighted by Gasteiger charge is -2.07. The Morgan fingerprint density at radius 3 is 2.50 bits per heavy atom. The summed E-state index contributed by atoms with van der Waals surface area (Å²) in [4.78, 5) is 0. The molecule has 1 nitrogen and oxygen atoms in total. The van der Waals surface area contributed by atoms with E-state index in [0.717, 1.165) is 0 Å². The van der Waals surface area contributed by atoms with E-state index in [1.807, 2.05) is 0 Å². The van der Waals surface area contributed by atoms with Gasteiger partial charge < -0.3 is 4.57 Å². The van der Waals surface area contributed by atoms with Crippen molar-refractivity contribution in [2.75, 3.05) is 0 Å². The Kier molecular flexibility index (Phi) is 0.997. The van der Waals surface area contributed by atoms with Crippen molar-refractivity contribution < 1.29 is 0 Å². The minimum Gasteiger partial charge on any atom is -0.354 e. The van der Waals surface area contributed by atoms with Gasteiger partial charge in [-0.3, -0.25) is 0 Å². The summed E-state index contributed by atoms with van der Waals surface area (Å²) in [5.74, 6) is 0.691. The summed E-state index contributed by atoms with van der Waals surface area (Å²) in [6.07, 6.45) is 3.52. The molecule has 0 aliphatic heterocycles. The van der Waals surface area contributed by atoms with Crippen LogP contribution in [0, 0.1) is 0 Å². The Hall–Kier alpha value is -0.720. The van der Waals surface area contributed by atoms with E-state index in [9.17, 15) is 0 Å². The molecule has 0 amide bonds. The van der Waals surface area contributed by atoms with E-state index in [2.05, 4.69) is 31.7 Å². The van der Waals surface area contributed by atoms with Crippen LogP contribution in [0.3, 0.4) is 0 Å². The minimum atomic E-state index is 0.691. The van der Waals surface area contributed by atoms with Crippen molar-refractivity contribution in [3.63, 3.8) is 0 Å². The Bertz CT molecular complexity index is 265. The molecule has 1 aromatic heterocycles. The molecule has 0 saturated carbocycles. The quantitative estimate of drug-likeness (QED) is 0.564. The van der Waals surface area contributed by atoms with Gasteiger partial charge in [-0.05, 0) is 17.0 Å². The molecule has 10 heavy (non-hydrogen) atoms. The van der Waals surface area contributed by atoms with Gasteiger partial charge in [-0.2, -0.15) is 0 Å². The summed E-state index contributed by atoms with van der Waals surface area (Å²) >= 11 is 0. The van der Waals surface area contributed by atoms with Crippen LogP contribution < -0.4 is 0 Å². The van der Waals surface area contributed by atoms with Gasteiger partial charge in [0.05, 0.1) is 0 Å². The van der Waals surface area contributed by atoms with Crippen molar-refractivity contribution in [2.45, 2.75) is 26.2 Å². The molecular formula is C9H13N. The average Bonchev–Trinajstić information content (AvgIpc) is 2.42.